The number of hydrogen-bond donors (Lipinski definition) is 1. The van der Waals surface area contributed by atoms with Crippen molar-refractivity contribution in [3.05, 3.63) is 35.2 Å². The first-order chi connectivity index (χ1) is 12.0. The molecule has 0 saturated carbocycles. The molecule has 0 spiro atoms. The molecule has 1 amide bonds. The molecule has 25 heavy (non-hydrogen) atoms. The fraction of sp³-hybridized carbons (Fsp3) is 0.611. The Morgan fingerprint density at radius 2 is 2.08 bits per heavy atom. The van der Waals surface area contributed by atoms with E-state index in [1.807, 2.05) is 38.2 Å². The number of fused-ring (bicyclic) bond motifs is 1. The molecule has 1 fully saturated rings. The van der Waals surface area contributed by atoms with E-state index in [9.17, 15) is 4.79 Å². The van der Waals surface area contributed by atoms with Gasteiger partial charge in [0.05, 0.1) is 17.9 Å². The molecule has 134 valence electrons. The summed E-state index contributed by atoms with van der Waals surface area (Å²) in [5, 5.41) is 7.35. The van der Waals surface area contributed by atoms with Crippen LogP contribution in [-0.2, 0) is 18.2 Å². The Hall–Kier alpha value is -2.15. The smallest absolute Gasteiger partial charge is 0.274 e. The third-order valence-corrected chi connectivity index (χ3v) is 5.44. The molecule has 4 heterocycles. The van der Waals surface area contributed by atoms with Crippen LogP contribution in [-0.4, -0.2) is 49.7 Å². The van der Waals surface area contributed by atoms with E-state index in [2.05, 4.69) is 19.7 Å². The van der Waals surface area contributed by atoms with Gasteiger partial charge in [-0.2, -0.15) is 5.10 Å². The molecular weight excluding hydrogens is 318 g/mol. The van der Waals surface area contributed by atoms with Gasteiger partial charge in [-0.15, -0.1) is 0 Å². The van der Waals surface area contributed by atoms with Crippen molar-refractivity contribution in [1.82, 2.24) is 24.6 Å². The van der Waals surface area contributed by atoms with Crippen LogP contribution in [0.1, 0.15) is 66.3 Å². The minimum atomic E-state index is -0.0399. The van der Waals surface area contributed by atoms with Crippen LogP contribution in [0.2, 0.25) is 0 Å². The van der Waals surface area contributed by atoms with Gasteiger partial charge in [-0.25, -0.2) is 4.98 Å². The number of aryl methyl sites for hydroxylation is 1. The van der Waals surface area contributed by atoms with Crippen LogP contribution in [0.25, 0.3) is 0 Å². The van der Waals surface area contributed by atoms with Crippen LogP contribution in [0.15, 0.2) is 12.4 Å². The van der Waals surface area contributed by atoms with Gasteiger partial charge < -0.3 is 14.2 Å². The van der Waals surface area contributed by atoms with Crippen LogP contribution in [0, 0.1) is 0 Å². The highest BCUT2D eigenvalue weighted by molar-refractivity contribution is 5.94. The summed E-state index contributed by atoms with van der Waals surface area (Å²) in [5.41, 5.74) is 2.55. The predicted molar refractivity (Wildman–Crippen MR) is 92.3 cm³/mol. The number of likely N-dealkylation sites (tertiary alicyclic amines) is 1. The van der Waals surface area contributed by atoms with Gasteiger partial charge >= 0.3 is 0 Å². The molecule has 1 saturated heterocycles. The number of aromatic nitrogens is 4. The second-order valence-electron chi connectivity index (χ2n) is 7.22. The van der Waals surface area contributed by atoms with Crippen LogP contribution >= 0.6 is 0 Å². The van der Waals surface area contributed by atoms with Gasteiger partial charge in [-0.3, -0.25) is 9.89 Å². The molecule has 2 aromatic heterocycles. The third kappa shape index (κ3) is 2.86. The monoisotopic (exact) mass is 343 g/mol. The lowest BCUT2D eigenvalue weighted by molar-refractivity contribution is -0.00703. The number of nitrogens with one attached hydrogen (secondary N) is 1. The van der Waals surface area contributed by atoms with Crippen LogP contribution in [0.3, 0.4) is 0 Å². The maximum Gasteiger partial charge on any atom is 0.274 e. The zero-order chi connectivity index (χ0) is 17.6. The second-order valence-corrected chi connectivity index (χ2v) is 7.22. The third-order valence-electron chi connectivity index (χ3n) is 5.44. The number of H-pyrrole nitrogens is 1. The number of aromatic amines is 1. The average Bonchev–Trinajstić information content (AvgIpc) is 3.21. The SMILES string of the molecule is C[C@@H]1Cc2c(C(=O)N3CCC(c4nccn4C)CC3)n[nH]c2[C@H](C)O1. The van der Waals surface area contributed by atoms with Gasteiger partial charge in [0.2, 0.25) is 0 Å². The van der Waals surface area contributed by atoms with Crippen molar-refractivity contribution in [2.24, 2.45) is 7.05 Å². The molecule has 0 aliphatic carbocycles. The molecule has 0 radical (unpaired) electrons. The van der Waals surface area contributed by atoms with Crippen molar-refractivity contribution in [3.63, 3.8) is 0 Å². The standard InChI is InChI=1S/C18H25N5O2/c1-11-10-14-15(12(2)25-11)20-21-16(14)18(24)23-7-4-13(5-8-23)17-19-6-9-22(17)3/h6,9,11-13H,4-5,7-8,10H2,1-3H3,(H,20,21)/t11-,12+/m1/s1. The lowest BCUT2D eigenvalue weighted by atomic mass is 9.95. The lowest BCUT2D eigenvalue weighted by Gasteiger charge is -2.32. The largest absolute Gasteiger partial charge is 0.369 e. The zero-order valence-corrected chi connectivity index (χ0v) is 15.0. The van der Waals surface area contributed by atoms with E-state index in [1.165, 1.54) is 0 Å². The molecule has 0 aromatic carbocycles. The van der Waals surface area contributed by atoms with Gasteiger partial charge in [-0.1, -0.05) is 0 Å². The van der Waals surface area contributed by atoms with Crippen molar-refractivity contribution in [2.45, 2.75) is 51.2 Å². The molecule has 7 nitrogen and oxygen atoms in total. The van der Waals surface area contributed by atoms with E-state index >= 15 is 0 Å². The van der Waals surface area contributed by atoms with E-state index in [0.717, 1.165) is 49.4 Å². The van der Waals surface area contributed by atoms with Crippen molar-refractivity contribution in [1.29, 1.82) is 0 Å². The highest BCUT2D eigenvalue weighted by atomic mass is 16.5. The summed E-state index contributed by atoms with van der Waals surface area (Å²) in [6, 6.07) is 0. The van der Waals surface area contributed by atoms with E-state index in [0.29, 0.717) is 11.6 Å². The van der Waals surface area contributed by atoms with E-state index < -0.39 is 0 Å². The Morgan fingerprint density at radius 3 is 2.76 bits per heavy atom. The Kier molecular flexibility index (Phi) is 4.11. The molecular formula is C18H25N5O2. The number of hydrogen-bond acceptors (Lipinski definition) is 4. The summed E-state index contributed by atoms with van der Waals surface area (Å²) in [7, 11) is 2.03. The first-order valence-electron chi connectivity index (χ1n) is 9.03. The Bertz CT molecular complexity index is 772. The van der Waals surface area contributed by atoms with Crippen molar-refractivity contribution < 1.29 is 9.53 Å². The molecule has 1 N–H and O–H groups in total. The fourth-order valence-electron chi connectivity index (χ4n) is 4.11. The normalized spacial score (nSPS) is 24.4. The topological polar surface area (TPSA) is 76.0 Å². The zero-order valence-electron chi connectivity index (χ0n) is 15.0. The lowest BCUT2D eigenvalue weighted by Crippen LogP contribution is -2.39. The van der Waals surface area contributed by atoms with E-state index in [-0.39, 0.29) is 18.1 Å². The number of carbonyl (C=O) groups excluding carboxylic acids is 1. The van der Waals surface area contributed by atoms with Gasteiger partial charge in [0.25, 0.3) is 5.91 Å². The molecule has 4 rings (SSSR count). The number of imidazole rings is 1. The van der Waals surface area contributed by atoms with Crippen LogP contribution in [0.4, 0.5) is 0 Å². The van der Waals surface area contributed by atoms with Crippen molar-refractivity contribution in [2.75, 3.05) is 13.1 Å². The molecule has 2 atom stereocenters. The van der Waals surface area contributed by atoms with Gasteiger partial charge in [-0.05, 0) is 26.7 Å². The van der Waals surface area contributed by atoms with E-state index in [4.69, 9.17) is 4.74 Å². The second kappa shape index (κ2) is 6.29. The van der Waals surface area contributed by atoms with Crippen molar-refractivity contribution >= 4 is 5.91 Å². The number of rotatable bonds is 2. The number of amides is 1. The fourth-order valence-corrected chi connectivity index (χ4v) is 4.11. The molecule has 2 aromatic rings. The maximum absolute atomic E-state index is 13.0. The van der Waals surface area contributed by atoms with Crippen LogP contribution in [0.5, 0.6) is 0 Å². The predicted octanol–water partition coefficient (Wildman–Crippen LogP) is 2.19. The Morgan fingerprint density at radius 1 is 1.32 bits per heavy atom. The number of piperidine rings is 1. The Labute approximate surface area is 147 Å². The first kappa shape index (κ1) is 16.3. The molecule has 7 heteroatoms. The highest BCUT2D eigenvalue weighted by Crippen LogP contribution is 2.32. The summed E-state index contributed by atoms with van der Waals surface area (Å²) in [5.74, 6) is 1.58. The quantitative estimate of drug-likeness (QED) is 0.907. The molecule has 0 unspecified atom stereocenters. The molecule has 2 aliphatic rings. The van der Waals surface area contributed by atoms with E-state index in [1.54, 1.807) is 0 Å². The summed E-state index contributed by atoms with van der Waals surface area (Å²) < 4.78 is 7.89. The van der Waals surface area contributed by atoms with Crippen LogP contribution < -0.4 is 0 Å². The summed E-state index contributed by atoms with van der Waals surface area (Å²) in [4.78, 5) is 19.4. The molecule has 2 aliphatic heterocycles. The van der Waals surface area contributed by atoms with Crippen molar-refractivity contribution in [3.8, 4) is 0 Å². The maximum atomic E-state index is 13.0. The van der Waals surface area contributed by atoms with Gasteiger partial charge in [0, 0.05) is 50.4 Å². The number of ether oxygens (including phenoxy) is 1. The van der Waals surface area contributed by atoms with Gasteiger partial charge in [0.15, 0.2) is 5.69 Å². The number of nitrogens with zero attached hydrogens (tertiary/aromatic N) is 4. The molecule has 0 bridgehead atoms. The Balaban J connectivity index is 1.47. The van der Waals surface area contributed by atoms with Gasteiger partial charge in [0.1, 0.15) is 5.82 Å². The summed E-state index contributed by atoms with van der Waals surface area (Å²) in [6.07, 6.45) is 6.52. The summed E-state index contributed by atoms with van der Waals surface area (Å²) >= 11 is 0. The first-order valence-corrected chi connectivity index (χ1v) is 9.03. The average molecular weight is 343 g/mol. The summed E-state index contributed by atoms with van der Waals surface area (Å²) in [6.45, 7) is 5.54. The number of carbonyl (C=O) groups is 1. The minimum absolute atomic E-state index is 0.0390. The highest BCUT2D eigenvalue weighted by Gasteiger charge is 2.33. The minimum Gasteiger partial charge on any atom is -0.369 e.